The van der Waals surface area contributed by atoms with Crippen LogP contribution in [0.4, 0.5) is 17.1 Å². The maximum Gasteiger partial charge on any atom is 0.257 e. The van der Waals surface area contributed by atoms with Crippen molar-refractivity contribution >= 4 is 40.5 Å². The van der Waals surface area contributed by atoms with Gasteiger partial charge in [0.25, 0.3) is 5.91 Å². The second kappa shape index (κ2) is 9.96. The smallest absolute Gasteiger partial charge is 0.257 e. The Balaban J connectivity index is 1.36. The summed E-state index contributed by atoms with van der Waals surface area (Å²) in [6.07, 6.45) is 8.56. The van der Waals surface area contributed by atoms with E-state index in [-0.39, 0.29) is 11.8 Å². The zero-order valence-corrected chi connectivity index (χ0v) is 20.5. The van der Waals surface area contributed by atoms with Crippen LogP contribution < -0.4 is 15.5 Å². The number of nitrogens with one attached hydrogen (secondary N) is 2. The molecule has 2 aliphatic heterocycles. The molecular weight excluding hydrogens is 448 g/mol. The number of aryl methyl sites for hydroxylation is 1. The highest BCUT2D eigenvalue weighted by Crippen LogP contribution is 2.32. The number of halogens is 1. The Morgan fingerprint density at radius 3 is 2.62 bits per heavy atom. The number of carbonyl (C=O) groups excluding carboxylic acids is 2. The zero-order chi connectivity index (χ0) is 23.7. The molecule has 3 aliphatic rings. The minimum absolute atomic E-state index is 0.0974. The SMILES string of the molecule is CN1C(=O)CCc2ccc(NC(=O)c3ccc(Cl)cc3N[C@H]3CCCC[C@H]3N3CCCC3)cc21. The molecule has 6 nitrogen and oxygen atoms in total. The molecule has 1 saturated carbocycles. The van der Waals surface area contributed by atoms with Crippen molar-refractivity contribution in [1.82, 2.24) is 4.90 Å². The number of hydrogen-bond donors (Lipinski definition) is 2. The molecule has 180 valence electrons. The Hall–Kier alpha value is -2.57. The van der Waals surface area contributed by atoms with Crippen LogP contribution in [0.15, 0.2) is 36.4 Å². The van der Waals surface area contributed by atoms with Crippen molar-refractivity contribution in [3.05, 3.63) is 52.5 Å². The number of likely N-dealkylation sites (tertiary alicyclic amines) is 1. The third kappa shape index (κ3) is 4.80. The van der Waals surface area contributed by atoms with Gasteiger partial charge in [-0.1, -0.05) is 30.5 Å². The molecule has 0 bridgehead atoms. The molecule has 2 amide bonds. The summed E-state index contributed by atoms with van der Waals surface area (Å²) in [6, 6.07) is 12.0. The van der Waals surface area contributed by atoms with Crippen molar-refractivity contribution in [2.45, 2.75) is 63.5 Å². The van der Waals surface area contributed by atoms with Gasteiger partial charge < -0.3 is 15.5 Å². The number of amides is 2. The Morgan fingerprint density at radius 2 is 1.79 bits per heavy atom. The molecule has 0 radical (unpaired) electrons. The number of anilines is 3. The van der Waals surface area contributed by atoms with E-state index >= 15 is 0 Å². The number of carbonyl (C=O) groups is 2. The maximum absolute atomic E-state index is 13.4. The molecule has 34 heavy (non-hydrogen) atoms. The number of rotatable bonds is 5. The zero-order valence-electron chi connectivity index (χ0n) is 19.8. The van der Waals surface area contributed by atoms with Crippen LogP contribution in [-0.2, 0) is 11.2 Å². The van der Waals surface area contributed by atoms with Gasteiger partial charge in [0.15, 0.2) is 0 Å². The molecule has 2 fully saturated rings. The molecule has 0 spiro atoms. The number of hydrogen-bond acceptors (Lipinski definition) is 4. The predicted molar refractivity (Wildman–Crippen MR) is 138 cm³/mol. The molecule has 5 rings (SSSR count). The summed E-state index contributed by atoms with van der Waals surface area (Å²) in [7, 11) is 1.79. The fraction of sp³-hybridized carbons (Fsp3) is 0.481. The standard InChI is InChI=1S/C27H33ClN4O2/c1-31-25-17-20(11-8-18(25)9-13-26(31)33)29-27(34)21-12-10-19(28)16-23(21)30-22-6-2-3-7-24(22)32-14-4-5-15-32/h8,10-12,16-17,22,24,30H,2-7,9,13-15H2,1H3,(H,29,34)/t22-,24+/m0/s1. The van der Waals surface area contributed by atoms with Gasteiger partial charge in [-0.25, -0.2) is 0 Å². The van der Waals surface area contributed by atoms with Crippen LogP contribution >= 0.6 is 11.6 Å². The number of nitrogens with zero attached hydrogens (tertiary/aromatic N) is 2. The van der Waals surface area contributed by atoms with Crippen LogP contribution in [0.3, 0.4) is 0 Å². The summed E-state index contributed by atoms with van der Waals surface area (Å²) in [6.45, 7) is 2.34. The largest absolute Gasteiger partial charge is 0.380 e. The third-order valence-electron chi connectivity index (χ3n) is 7.59. The van der Waals surface area contributed by atoms with Gasteiger partial charge in [-0.15, -0.1) is 0 Å². The minimum Gasteiger partial charge on any atom is -0.380 e. The van der Waals surface area contributed by atoms with Crippen molar-refractivity contribution in [1.29, 1.82) is 0 Å². The highest BCUT2D eigenvalue weighted by atomic mass is 35.5. The summed E-state index contributed by atoms with van der Waals surface area (Å²) in [5.74, 6) is -0.0855. The maximum atomic E-state index is 13.4. The highest BCUT2D eigenvalue weighted by Gasteiger charge is 2.32. The Bertz CT molecular complexity index is 1080. The van der Waals surface area contributed by atoms with E-state index in [0.717, 1.165) is 29.8 Å². The van der Waals surface area contributed by atoms with Gasteiger partial charge in [0, 0.05) is 47.6 Å². The fourth-order valence-electron chi connectivity index (χ4n) is 5.73. The quantitative estimate of drug-likeness (QED) is 0.607. The van der Waals surface area contributed by atoms with Gasteiger partial charge in [0.2, 0.25) is 5.91 Å². The Kier molecular flexibility index (Phi) is 6.79. The molecule has 2 atom stereocenters. The second-order valence-electron chi connectivity index (χ2n) is 9.79. The number of benzene rings is 2. The monoisotopic (exact) mass is 480 g/mol. The Labute approximate surface area is 206 Å². The molecule has 2 heterocycles. The Morgan fingerprint density at radius 1 is 1.00 bits per heavy atom. The molecule has 0 aromatic heterocycles. The average Bonchev–Trinajstić information content (AvgIpc) is 3.37. The minimum atomic E-state index is -0.183. The van der Waals surface area contributed by atoms with E-state index < -0.39 is 0 Å². The lowest BCUT2D eigenvalue weighted by Gasteiger charge is -2.39. The molecule has 1 aliphatic carbocycles. The summed E-state index contributed by atoms with van der Waals surface area (Å²) < 4.78 is 0. The van der Waals surface area contributed by atoms with Gasteiger partial charge in [-0.2, -0.15) is 0 Å². The molecule has 2 N–H and O–H groups in total. The predicted octanol–water partition coefficient (Wildman–Crippen LogP) is 5.32. The molecule has 0 unspecified atom stereocenters. The second-order valence-corrected chi connectivity index (χ2v) is 10.2. The van der Waals surface area contributed by atoms with E-state index in [4.69, 9.17) is 11.6 Å². The number of fused-ring (bicyclic) bond motifs is 1. The van der Waals surface area contributed by atoms with Gasteiger partial charge in [-0.3, -0.25) is 14.5 Å². The summed E-state index contributed by atoms with van der Waals surface area (Å²) in [5, 5.41) is 7.36. The first-order valence-corrected chi connectivity index (χ1v) is 12.9. The van der Waals surface area contributed by atoms with Crippen LogP contribution in [0.1, 0.15) is 60.9 Å². The van der Waals surface area contributed by atoms with Crippen molar-refractivity contribution in [2.75, 3.05) is 35.7 Å². The average molecular weight is 481 g/mol. The lowest BCUT2D eigenvalue weighted by Crippen LogP contribution is -2.47. The van der Waals surface area contributed by atoms with Crippen molar-refractivity contribution in [2.24, 2.45) is 0 Å². The first-order chi connectivity index (χ1) is 16.5. The summed E-state index contributed by atoms with van der Waals surface area (Å²) >= 11 is 6.35. The topological polar surface area (TPSA) is 64.7 Å². The van der Waals surface area contributed by atoms with Crippen LogP contribution in [0.2, 0.25) is 5.02 Å². The van der Waals surface area contributed by atoms with Crippen LogP contribution in [0.5, 0.6) is 0 Å². The van der Waals surface area contributed by atoms with Gasteiger partial charge in [-0.05, 0) is 81.1 Å². The fourth-order valence-corrected chi connectivity index (χ4v) is 5.90. The lowest BCUT2D eigenvalue weighted by molar-refractivity contribution is -0.118. The summed E-state index contributed by atoms with van der Waals surface area (Å²) in [5.41, 5.74) is 4.03. The molecular formula is C27H33ClN4O2. The normalized spacial score (nSPS) is 23.0. The van der Waals surface area contributed by atoms with Gasteiger partial charge in [0.1, 0.15) is 0 Å². The van der Waals surface area contributed by atoms with Gasteiger partial charge >= 0.3 is 0 Å². The van der Waals surface area contributed by atoms with E-state index in [2.05, 4.69) is 15.5 Å². The van der Waals surface area contributed by atoms with Crippen molar-refractivity contribution < 1.29 is 9.59 Å². The van der Waals surface area contributed by atoms with Crippen LogP contribution in [0.25, 0.3) is 0 Å². The first kappa shape index (κ1) is 23.2. The van der Waals surface area contributed by atoms with Crippen LogP contribution in [0, 0.1) is 0 Å². The van der Waals surface area contributed by atoms with Crippen molar-refractivity contribution in [3.8, 4) is 0 Å². The van der Waals surface area contributed by atoms with E-state index in [1.54, 1.807) is 24.1 Å². The van der Waals surface area contributed by atoms with E-state index in [9.17, 15) is 9.59 Å². The van der Waals surface area contributed by atoms with Crippen molar-refractivity contribution in [3.63, 3.8) is 0 Å². The van der Waals surface area contributed by atoms with E-state index in [1.807, 2.05) is 24.3 Å². The van der Waals surface area contributed by atoms with Gasteiger partial charge in [0.05, 0.1) is 5.56 Å². The molecule has 7 heteroatoms. The first-order valence-electron chi connectivity index (χ1n) is 12.5. The van der Waals surface area contributed by atoms with E-state index in [0.29, 0.717) is 34.8 Å². The summed E-state index contributed by atoms with van der Waals surface area (Å²) in [4.78, 5) is 29.8. The lowest BCUT2D eigenvalue weighted by atomic mass is 9.89. The third-order valence-corrected chi connectivity index (χ3v) is 7.83. The highest BCUT2D eigenvalue weighted by molar-refractivity contribution is 6.31. The van der Waals surface area contributed by atoms with Crippen LogP contribution in [-0.4, -0.2) is 48.9 Å². The molecule has 2 aromatic carbocycles. The molecule has 1 saturated heterocycles. The van der Waals surface area contributed by atoms with E-state index in [1.165, 1.54) is 45.2 Å². The molecule has 2 aromatic rings.